The highest BCUT2D eigenvalue weighted by Crippen LogP contribution is 2.31. The Labute approximate surface area is 131 Å². The number of amides is 1. The topological polar surface area (TPSA) is 70.2 Å². The molecule has 23 heavy (non-hydrogen) atoms. The summed E-state index contributed by atoms with van der Waals surface area (Å²) >= 11 is 0. The second-order valence-corrected chi connectivity index (χ2v) is 5.22. The van der Waals surface area contributed by atoms with Crippen molar-refractivity contribution in [3.8, 4) is 5.75 Å². The highest BCUT2D eigenvalue weighted by molar-refractivity contribution is 5.92. The molecule has 1 aliphatic rings. The normalized spacial score (nSPS) is 17.5. The first-order valence-corrected chi connectivity index (χ1v) is 7.22. The number of nitrogens with zero attached hydrogens (tertiary/aromatic N) is 2. The van der Waals surface area contributed by atoms with Crippen molar-refractivity contribution in [1.29, 1.82) is 0 Å². The van der Waals surface area contributed by atoms with E-state index in [4.69, 9.17) is 0 Å². The van der Waals surface area contributed by atoms with Crippen LogP contribution < -0.4 is 15.0 Å². The lowest BCUT2D eigenvalue weighted by molar-refractivity contribution is -0.0495. The molecule has 0 unspecified atom stereocenters. The van der Waals surface area contributed by atoms with Gasteiger partial charge in [0.25, 0.3) is 5.91 Å². The maximum absolute atomic E-state index is 12.5. The van der Waals surface area contributed by atoms with Crippen LogP contribution in [0.5, 0.6) is 5.75 Å². The molecular formula is C15H16F2N4O2. The molecule has 1 aromatic carbocycles. The van der Waals surface area contributed by atoms with Gasteiger partial charge in [-0.2, -0.15) is 13.9 Å². The summed E-state index contributed by atoms with van der Waals surface area (Å²) < 4.78 is 29.5. The van der Waals surface area contributed by atoms with E-state index in [2.05, 4.69) is 20.3 Å². The molecular weight excluding hydrogens is 306 g/mol. The Morgan fingerprint density at radius 3 is 2.96 bits per heavy atom. The number of alkyl halides is 2. The van der Waals surface area contributed by atoms with Crippen molar-refractivity contribution < 1.29 is 18.3 Å². The van der Waals surface area contributed by atoms with Crippen molar-refractivity contribution in [2.45, 2.75) is 19.1 Å². The Hall–Kier alpha value is -2.64. The fourth-order valence-electron chi connectivity index (χ4n) is 2.66. The van der Waals surface area contributed by atoms with Gasteiger partial charge in [-0.05, 0) is 24.6 Å². The highest BCUT2D eigenvalue weighted by atomic mass is 19.3. The van der Waals surface area contributed by atoms with Crippen LogP contribution in [-0.4, -0.2) is 41.8 Å². The summed E-state index contributed by atoms with van der Waals surface area (Å²) in [5.41, 5.74) is 0.996. The van der Waals surface area contributed by atoms with Crippen molar-refractivity contribution in [3.63, 3.8) is 0 Å². The molecule has 0 bridgehead atoms. The third kappa shape index (κ3) is 3.58. The summed E-state index contributed by atoms with van der Waals surface area (Å²) in [5, 5.41) is 9.24. The lowest BCUT2D eigenvalue weighted by Crippen LogP contribution is -2.37. The van der Waals surface area contributed by atoms with Gasteiger partial charge < -0.3 is 15.0 Å². The quantitative estimate of drug-likeness (QED) is 0.883. The maximum atomic E-state index is 12.5. The van der Waals surface area contributed by atoms with Crippen LogP contribution >= 0.6 is 0 Å². The SMILES string of the molecule is O=C(N[C@@H]1CCN(c2ccccc2OC(F)F)C1)c1ccn[nH]1. The van der Waals surface area contributed by atoms with Crippen molar-refractivity contribution in [3.05, 3.63) is 42.2 Å². The average molecular weight is 322 g/mol. The largest absolute Gasteiger partial charge is 0.433 e. The van der Waals surface area contributed by atoms with Crippen LogP contribution in [0.25, 0.3) is 0 Å². The molecule has 0 radical (unpaired) electrons. The minimum atomic E-state index is -2.87. The number of H-pyrrole nitrogens is 1. The van der Waals surface area contributed by atoms with Gasteiger partial charge in [0.2, 0.25) is 0 Å². The number of nitrogens with one attached hydrogen (secondary N) is 2. The number of carbonyl (C=O) groups is 1. The molecule has 1 amide bonds. The first kappa shape index (κ1) is 15.3. The number of aromatic amines is 1. The summed E-state index contributed by atoms with van der Waals surface area (Å²) in [5.74, 6) is -0.0884. The van der Waals surface area contributed by atoms with Gasteiger partial charge in [0, 0.05) is 25.3 Å². The molecule has 8 heteroatoms. The Morgan fingerprint density at radius 2 is 2.22 bits per heavy atom. The fraction of sp³-hybridized carbons (Fsp3) is 0.333. The van der Waals surface area contributed by atoms with Gasteiger partial charge in [-0.25, -0.2) is 0 Å². The summed E-state index contributed by atoms with van der Waals surface area (Å²) in [4.78, 5) is 13.9. The number of aromatic nitrogens is 2. The second-order valence-electron chi connectivity index (χ2n) is 5.22. The van der Waals surface area contributed by atoms with Crippen LogP contribution in [0.3, 0.4) is 0 Å². The molecule has 6 nitrogen and oxygen atoms in total. The van der Waals surface area contributed by atoms with Crippen LogP contribution in [0.15, 0.2) is 36.5 Å². The van der Waals surface area contributed by atoms with Crippen LogP contribution in [0.1, 0.15) is 16.9 Å². The van der Waals surface area contributed by atoms with E-state index in [0.717, 1.165) is 6.42 Å². The van der Waals surface area contributed by atoms with E-state index >= 15 is 0 Å². The lowest BCUT2D eigenvalue weighted by atomic mass is 10.2. The highest BCUT2D eigenvalue weighted by Gasteiger charge is 2.26. The van der Waals surface area contributed by atoms with Crippen LogP contribution in [-0.2, 0) is 0 Å². The third-order valence-corrected chi connectivity index (χ3v) is 3.69. The van der Waals surface area contributed by atoms with Gasteiger partial charge in [0.15, 0.2) is 0 Å². The first-order valence-electron chi connectivity index (χ1n) is 7.22. The van der Waals surface area contributed by atoms with Gasteiger partial charge in [-0.3, -0.25) is 9.89 Å². The van der Waals surface area contributed by atoms with Gasteiger partial charge in [-0.15, -0.1) is 0 Å². The molecule has 1 saturated heterocycles. The molecule has 0 aliphatic carbocycles. The molecule has 1 atom stereocenters. The van der Waals surface area contributed by atoms with E-state index < -0.39 is 6.61 Å². The zero-order valence-electron chi connectivity index (χ0n) is 12.2. The number of hydrogen-bond acceptors (Lipinski definition) is 4. The first-order chi connectivity index (χ1) is 11.1. The Morgan fingerprint density at radius 1 is 1.39 bits per heavy atom. The molecule has 2 aromatic rings. The molecule has 0 spiro atoms. The van der Waals surface area contributed by atoms with Gasteiger partial charge in [0.1, 0.15) is 11.4 Å². The number of rotatable bonds is 5. The standard InChI is InChI=1S/C15H16F2N4O2/c16-15(17)23-13-4-2-1-3-12(13)21-8-6-10(9-21)19-14(22)11-5-7-18-20-11/h1-5,7,10,15H,6,8-9H2,(H,18,20)(H,19,22)/t10-/m1/s1. The molecule has 3 rings (SSSR count). The van der Waals surface area contributed by atoms with Crippen LogP contribution in [0.2, 0.25) is 0 Å². The summed E-state index contributed by atoms with van der Waals surface area (Å²) in [6.07, 6.45) is 2.23. The molecule has 2 N–H and O–H groups in total. The Kier molecular flexibility index (Phi) is 4.40. The second kappa shape index (κ2) is 6.64. The van der Waals surface area contributed by atoms with Crippen LogP contribution in [0.4, 0.5) is 14.5 Å². The van der Waals surface area contributed by atoms with Crippen LogP contribution in [0, 0.1) is 0 Å². The zero-order chi connectivity index (χ0) is 16.2. The number of halogens is 2. The number of benzene rings is 1. The number of anilines is 1. The minimum absolute atomic E-state index is 0.0644. The monoisotopic (exact) mass is 322 g/mol. The lowest BCUT2D eigenvalue weighted by Gasteiger charge is -2.21. The Bertz CT molecular complexity index is 663. The molecule has 1 aromatic heterocycles. The van der Waals surface area contributed by atoms with Crippen molar-refractivity contribution >= 4 is 11.6 Å². The molecule has 122 valence electrons. The molecule has 2 heterocycles. The summed E-state index contributed by atoms with van der Waals surface area (Å²) in [7, 11) is 0. The van der Waals surface area contributed by atoms with Crippen molar-refractivity contribution in [2.75, 3.05) is 18.0 Å². The number of para-hydroxylation sites is 2. The van der Waals surface area contributed by atoms with E-state index in [1.165, 1.54) is 12.3 Å². The molecule has 1 fully saturated rings. The zero-order valence-corrected chi connectivity index (χ0v) is 12.2. The predicted octanol–water partition coefficient (Wildman–Crippen LogP) is 2.02. The molecule has 0 saturated carbocycles. The average Bonchev–Trinajstić information content (AvgIpc) is 3.18. The van der Waals surface area contributed by atoms with E-state index in [1.54, 1.807) is 24.3 Å². The predicted molar refractivity (Wildman–Crippen MR) is 79.7 cm³/mol. The van der Waals surface area contributed by atoms with E-state index in [-0.39, 0.29) is 17.7 Å². The fourth-order valence-corrected chi connectivity index (χ4v) is 2.66. The number of ether oxygens (including phenoxy) is 1. The van der Waals surface area contributed by atoms with E-state index in [9.17, 15) is 13.6 Å². The number of carbonyl (C=O) groups excluding carboxylic acids is 1. The van der Waals surface area contributed by atoms with Gasteiger partial charge >= 0.3 is 6.61 Å². The summed E-state index contributed by atoms with van der Waals surface area (Å²) in [6.45, 7) is -1.68. The summed E-state index contributed by atoms with van der Waals surface area (Å²) in [6, 6.07) is 8.19. The molecule has 1 aliphatic heterocycles. The Balaban J connectivity index is 1.65. The minimum Gasteiger partial charge on any atom is -0.433 e. The smallest absolute Gasteiger partial charge is 0.387 e. The van der Waals surface area contributed by atoms with E-state index in [0.29, 0.717) is 24.5 Å². The van der Waals surface area contributed by atoms with Gasteiger partial charge in [0.05, 0.1) is 5.69 Å². The third-order valence-electron chi connectivity index (χ3n) is 3.69. The maximum Gasteiger partial charge on any atom is 0.387 e. The number of hydrogen-bond donors (Lipinski definition) is 2. The van der Waals surface area contributed by atoms with E-state index in [1.807, 2.05) is 4.90 Å². The van der Waals surface area contributed by atoms with Gasteiger partial charge in [-0.1, -0.05) is 12.1 Å². The van der Waals surface area contributed by atoms with Crippen molar-refractivity contribution in [1.82, 2.24) is 15.5 Å². The van der Waals surface area contributed by atoms with Crippen molar-refractivity contribution in [2.24, 2.45) is 0 Å².